The van der Waals surface area contributed by atoms with E-state index >= 15 is 28.8 Å². The summed E-state index contributed by atoms with van der Waals surface area (Å²) in [6.07, 6.45) is 12.6. The summed E-state index contributed by atoms with van der Waals surface area (Å²) in [5, 5.41) is 21.3. The summed E-state index contributed by atoms with van der Waals surface area (Å²) in [7, 11) is 0. The summed E-state index contributed by atoms with van der Waals surface area (Å²) >= 11 is 14.7. The zero-order chi connectivity index (χ0) is 87.3. The Morgan fingerprint density at radius 1 is 0.400 bits per heavy atom. The zero-order valence-corrected chi connectivity index (χ0v) is 75.1. The smallest absolute Gasteiger partial charge is 0.417 e. The van der Waals surface area contributed by atoms with E-state index < -0.39 is 166 Å². The van der Waals surface area contributed by atoms with Gasteiger partial charge in [0.2, 0.25) is 53.2 Å². The minimum atomic E-state index is -3.18. The first-order chi connectivity index (χ1) is 56.9. The Balaban J connectivity index is 1.14. The van der Waals surface area contributed by atoms with Crippen molar-refractivity contribution >= 4 is 113 Å². The van der Waals surface area contributed by atoms with Crippen molar-refractivity contribution in [2.24, 2.45) is 11.7 Å². The Morgan fingerprint density at radius 2 is 0.717 bits per heavy atom. The van der Waals surface area contributed by atoms with Crippen LogP contribution >= 0.6 is 12.1 Å². The highest BCUT2D eigenvalue weighted by Crippen LogP contribution is 2.66. The Hall–Kier alpha value is -8.71. The van der Waals surface area contributed by atoms with E-state index in [1.54, 1.807) is 13.8 Å². The van der Waals surface area contributed by atoms with Crippen LogP contribution in [0.3, 0.4) is 0 Å². The molecule has 0 aliphatic heterocycles. The van der Waals surface area contributed by atoms with Crippen LogP contribution in [0.4, 0.5) is 9.59 Å². The lowest BCUT2D eigenvalue weighted by atomic mass is 9.98. The summed E-state index contributed by atoms with van der Waals surface area (Å²) in [5.41, 5.74) is 8.44. The third kappa shape index (κ3) is 22.0. The molecule has 0 bridgehead atoms. The van der Waals surface area contributed by atoms with Crippen molar-refractivity contribution in [3.05, 3.63) is 119 Å². The first kappa shape index (κ1) is 93.6. The molecule has 30 heteroatoms. The van der Waals surface area contributed by atoms with E-state index in [2.05, 4.69) is 42.5 Å². The number of carbonyl (C=O) groups excluding carboxylic acids is 13. The molecule has 6 aliphatic rings. The van der Waals surface area contributed by atoms with Crippen LogP contribution in [-0.4, -0.2) is 195 Å². The van der Waals surface area contributed by atoms with Gasteiger partial charge in [-0.05, 0) is 199 Å². The molecule has 10 N–H and O–H groups in total. The van der Waals surface area contributed by atoms with Crippen molar-refractivity contribution in [2.45, 2.75) is 305 Å². The van der Waals surface area contributed by atoms with Crippen molar-refractivity contribution in [2.75, 3.05) is 25.5 Å². The summed E-state index contributed by atoms with van der Waals surface area (Å²) in [6, 6.07) is 12.3. The van der Waals surface area contributed by atoms with Gasteiger partial charge in [0.25, 0.3) is 11.8 Å². The summed E-state index contributed by atoms with van der Waals surface area (Å²) in [5.74, 6) is -11.5. The molecule has 10 rings (SSSR count). The average Bonchev–Trinajstić information content (AvgIpc) is 1.63. The second kappa shape index (κ2) is 41.0. The van der Waals surface area contributed by atoms with Gasteiger partial charge < -0.3 is 57.7 Å². The number of nitrogens with zero attached hydrogens (tertiary/aromatic N) is 2. The number of hydrogen-bond donors (Lipinski definition) is 9. The lowest BCUT2D eigenvalue weighted by molar-refractivity contribution is -0.147. The maximum Gasteiger partial charge on any atom is 0.417 e. The van der Waals surface area contributed by atoms with Gasteiger partial charge in [-0.3, -0.25) is 52.7 Å². The third-order valence-corrected chi connectivity index (χ3v) is 38.8. The predicted molar refractivity (Wildman–Crippen MR) is 471 cm³/mol. The van der Waals surface area contributed by atoms with Crippen LogP contribution < -0.4 is 48.3 Å². The molecule has 4 aromatic carbocycles. The number of carbonyl (C=O) groups is 13. The predicted octanol–water partition coefficient (Wildman–Crippen LogP) is 11.5. The first-order valence-corrected chi connectivity index (χ1v) is 49.4. The Bertz CT molecular complexity index is 4440. The highest BCUT2D eigenvalue weighted by molar-refractivity contribution is 8.15. The van der Waals surface area contributed by atoms with Gasteiger partial charge >= 0.3 is 12.2 Å². The number of rotatable bonds is 33. The quantitative estimate of drug-likeness (QED) is 0.0200. The molecule has 8 atom stereocenters. The fourth-order valence-corrected chi connectivity index (χ4v) is 31.0. The van der Waals surface area contributed by atoms with Crippen LogP contribution in [0.1, 0.15) is 246 Å². The molecule has 0 heterocycles. The van der Waals surface area contributed by atoms with E-state index in [0.717, 1.165) is 126 Å². The fraction of sp³-hybridized carbons (Fsp3) is 0.589. The molecule has 0 unspecified atom stereocenters. The molecule has 13 amide bonds. The fourth-order valence-electron chi connectivity index (χ4n) is 18.6. The van der Waals surface area contributed by atoms with E-state index in [9.17, 15) is 33.6 Å². The van der Waals surface area contributed by atoms with Crippen LogP contribution in [0.5, 0.6) is 0 Å². The van der Waals surface area contributed by atoms with E-state index in [-0.39, 0.29) is 48.2 Å². The van der Waals surface area contributed by atoms with Crippen molar-refractivity contribution in [1.82, 2.24) is 52.3 Å². The van der Waals surface area contributed by atoms with Crippen LogP contribution in [-0.2, 0) is 85.8 Å². The van der Waals surface area contributed by atoms with Gasteiger partial charge in [-0.1, -0.05) is 212 Å². The lowest BCUT2D eigenvalue weighted by Gasteiger charge is -2.46. The molecule has 0 radical (unpaired) electrons. The van der Waals surface area contributed by atoms with E-state index in [0.29, 0.717) is 56.3 Å². The van der Waals surface area contributed by atoms with Gasteiger partial charge in [-0.25, -0.2) is 19.4 Å². The number of nitrogens with one attached hydrogen (secondary N) is 8. The summed E-state index contributed by atoms with van der Waals surface area (Å²) < 4.78 is 13.4. The Kier molecular flexibility index (Phi) is 32.0. The van der Waals surface area contributed by atoms with Crippen LogP contribution in [0.25, 0.3) is 22.3 Å². The van der Waals surface area contributed by atoms with Crippen molar-refractivity contribution in [1.29, 1.82) is 0 Å². The SMILES string of the molecule is CC(=O)N[C@@H](C)C(=O)NC(C)(C)C(=O)N[C@@H](C)C(=O)N[C@H](C(=O)N[C@@H](C)C(=O)N(C(=O)OCC1c2ccccc2-c2ccccc21)[C@@H](CP(=S)(C1CCCCC1)C1CCCCC1)C(=O)N(C(=O)OCC1c2ccccc2-c2ccccc21)[C@@H](CP(=S)(C1CCCCC1)C1CCCCC1)C(=O)N[C@@H](C)C(=O)NC(C)(C)C(=O)N[C@@H](C)C(N)=O)C(C)C. The Morgan fingerprint density at radius 3 is 1.07 bits per heavy atom. The third-order valence-electron chi connectivity index (χ3n) is 25.5. The molecule has 0 spiro atoms. The molecule has 6 aliphatic carbocycles. The molecule has 4 aromatic rings. The monoisotopic (exact) mass is 1730 g/mol. The number of fused-ring (bicyclic) bond motifs is 6. The summed E-state index contributed by atoms with van der Waals surface area (Å²) in [4.78, 5) is 197. The highest BCUT2D eigenvalue weighted by atomic mass is 32.4. The number of imide groups is 2. The van der Waals surface area contributed by atoms with Crippen LogP contribution in [0.2, 0.25) is 0 Å². The molecule has 652 valence electrons. The number of ether oxygens (including phenoxy) is 2. The molecular weight excluding hydrogens is 1600 g/mol. The van der Waals surface area contributed by atoms with Gasteiger partial charge in [0.1, 0.15) is 72.6 Å². The van der Waals surface area contributed by atoms with E-state index in [4.69, 9.17) is 38.8 Å². The molecule has 4 saturated carbocycles. The second-order valence-corrected chi connectivity index (χ2v) is 46.6. The summed E-state index contributed by atoms with van der Waals surface area (Å²) in [6.45, 7) is 16.3. The molecular formula is C90H125N11O15P2S2. The zero-order valence-electron chi connectivity index (χ0n) is 71.7. The number of nitrogens with two attached hydrogens (primary N) is 1. The first-order valence-electron chi connectivity index (χ1n) is 43.1. The molecule has 0 saturated heterocycles. The minimum Gasteiger partial charge on any atom is -0.448 e. The lowest BCUT2D eigenvalue weighted by Crippen LogP contribution is -2.65. The van der Waals surface area contributed by atoms with E-state index in [1.165, 1.54) is 69.2 Å². The maximum atomic E-state index is 18.3. The molecule has 26 nitrogen and oxygen atoms in total. The van der Waals surface area contributed by atoms with Gasteiger partial charge in [0.05, 0.1) is 0 Å². The number of primary amides is 1. The van der Waals surface area contributed by atoms with Gasteiger partial charge in [0, 0.05) is 31.1 Å². The van der Waals surface area contributed by atoms with Crippen LogP contribution in [0, 0.1) is 5.92 Å². The number of amides is 13. The molecule has 4 fully saturated rings. The standard InChI is InChI=1S/C90H125N11O15P2S2/c1-53(2)76(97-78(104)55(4)96-86(112)90(11,12)98-79(105)56(5)92-59(8)102)82(108)94-58(7)83(109)101(88(114)116-50-73-70-47-31-27-43-66(70)67-44-28-32-48-71(67)73)75(52-118(120,62-37-21-15-22-38-62)63-39-23-16-24-40-63)84(110)100(87(113)115-49-72-68-45-29-25-41-64(68)65-42-26-30-46-69(65)72)74(51-117(119,60-33-17-13-18-34-60)61-35-19-14-20-36-61)81(107)93-57(6)80(106)99-89(9,10)85(111)95-54(3)77(91)103/h25-32,41-48,53-58,60-63,72-76H,13-24,33-40,49-52H2,1-12H3,(H2,91,103)(H,92,102)(H,93,107)(H,94,108)(H,95,111)(H,96,112)(H,97,104)(H,98,105)(H,99,106)/t54-,55-,56-,57-,58-,74-,75-,76-/m0/s1. The van der Waals surface area contributed by atoms with Gasteiger partial charge in [-0.15, -0.1) is 0 Å². The normalized spacial score (nSPS) is 18.3. The Labute approximate surface area is 716 Å². The second-order valence-electron chi connectivity index (χ2n) is 35.4. The van der Waals surface area contributed by atoms with Gasteiger partial charge in [0.15, 0.2) is 0 Å². The topological polar surface area (TPSA) is 369 Å². The largest absolute Gasteiger partial charge is 0.448 e. The highest BCUT2D eigenvalue weighted by Gasteiger charge is 2.54. The number of benzene rings is 4. The maximum absolute atomic E-state index is 18.3. The van der Waals surface area contributed by atoms with Crippen molar-refractivity contribution in [3.63, 3.8) is 0 Å². The van der Waals surface area contributed by atoms with Crippen molar-refractivity contribution in [3.8, 4) is 22.3 Å². The minimum absolute atomic E-state index is 0.121. The average molecular weight is 1730 g/mol. The van der Waals surface area contributed by atoms with Crippen molar-refractivity contribution < 1.29 is 71.8 Å². The number of hydrogen-bond acceptors (Lipinski definition) is 17. The van der Waals surface area contributed by atoms with E-state index in [1.807, 2.05) is 97.1 Å². The van der Waals surface area contributed by atoms with Gasteiger partial charge in [-0.2, -0.15) is 0 Å². The van der Waals surface area contributed by atoms with Crippen LogP contribution in [0.15, 0.2) is 97.1 Å². The molecule has 0 aromatic heterocycles. The molecule has 120 heavy (non-hydrogen) atoms.